The summed E-state index contributed by atoms with van der Waals surface area (Å²) < 4.78 is 12.5. The lowest BCUT2D eigenvalue weighted by molar-refractivity contribution is -0.153. The van der Waals surface area contributed by atoms with E-state index in [1.54, 1.807) is 7.11 Å². The Bertz CT molecular complexity index is 959. The van der Waals surface area contributed by atoms with Crippen LogP contribution in [0.5, 0.6) is 11.5 Å². The van der Waals surface area contributed by atoms with Gasteiger partial charge >= 0.3 is 0 Å². The van der Waals surface area contributed by atoms with Crippen molar-refractivity contribution in [3.05, 3.63) is 59.2 Å². The summed E-state index contributed by atoms with van der Waals surface area (Å²) in [4.78, 5) is 2.53. The lowest BCUT2D eigenvalue weighted by Gasteiger charge is -2.51. The van der Waals surface area contributed by atoms with Crippen LogP contribution in [0.4, 0.5) is 0 Å². The first-order valence-corrected chi connectivity index (χ1v) is 11.0. The highest BCUT2D eigenvalue weighted by Crippen LogP contribution is 2.52. The fourth-order valence-corrected chi connectivity index (χ4v) is 5.07. The highest BCUT2D eigenvalue weighted by molar-refractivity contribution is 6.02. The number of benzene rings is 2. The summed E-state index contributed by atoms with van der Waals surface area (Å²) in [5.74, 6) is 1.72. The standard InChI is InChI=1S/C25H31N3O2/c1-17(2)27-14-12-25(13-15-27)28-22(20-6-5-7-23(29-4)24(20)30-25)16-21(26-28)19-10-8-18(3)9-11-19/h5-11,17,22H,12-16H2,1-4H3. The minimum atomic E-state index is -0.413. The van der Waals surface area contributed by atoms with Gasteiger partial charge in [-0.2, -0.15) is 5.10 Å². The molecule has 158 valence electrons. The van der Waals surface area contributed by atoms with E-state index in [1.807, 2.05) is 6.07 Å². The molecule has 2 aromatic rings. The number of hydrogen-bond acceptors (Lipinski definition) is 5. The molecule has 1 fully saturated rings. The van der Waals surface area contributed by atoms with Crippen molar-refractivity contribution < 1.29 is 9.47 Å². The molecule has 1 atom stereocenters. The first kappa shape index (κ1) is 19.4. The molecular formula is C25H31N3O2. The largest absolute Gasteiger partial charge is 0.493 e. The van der Waals surface area contributed by atoms with Gasteiger partial charge in [0.05, 0.1) is 18.9 Å². The van der Waals surface area contributed by atoms with Crippen LogP contribution in [0.25, 0.3) is 0 Å². The van der Waals surface area contributed by atoms with Crippen molar-refractivity contribution in [2.75, 3.05) is 20.2 Å². The number of ether oxygens (including phenoxy) is 2. The lowest BCUT2D eigenvalue weighted by atomic mass is 9.90. The molecule has 0 N–H and O–H groups in total. The number of rotatable bonds is 3. The predicted molar refractivity (Wildman–Crippen MR) is 119 cm³/mol. The van der Waals surface area contributed by atoms with Crippen LogP contribution in [0.15, 0.2) is 47.6 Å². The average molecular weight is 406 g/mol. The number of fused-ring (bicyclic) bond motifs is 4. The van der Waals surface area contributed by atoms with Crippen molar-refractivity contribution in [2.24, 2.45) is 5.10 Å². The quantitative estimate of drug-likeness (QED) is 0.739. The minimum absolute atomic E-state index is 0.186. The van der Waals surface area contributed by atoms with E-state index in [1.165, 1.54) is 16.7 Å². The third-order valence-corrected chi connectivity index (χ3v) is 6.90. The number of hydrogen-bond donors (Lipinski definition) is 0. The molecule has 30 heavy (non-hydrogen) atoms. The fourth-order valence-electron chi connectivity index (χ4n) is 5.07. The number of likely N-dealkylation sites (tertiary alicyclic amines) is 1. The van der Waals surface area contributed by atoms with Gasteiger partial charge in [-0.3, -0.25) is 0 Å². The van der Waals surface area contributed by atoms with Crippen molar-refractivity contribution in [3.63, 3.8) is 0 Å². The maximum absolute atomic E-state index is 6.79. The summed E-state index contributed by atoms with van der Waals surface area (Å²) in [5.41, 5.74) is 4.38. The van der Waals surface area contributed by atoms with Gasteiger partial charge in [0.1, 0.15) is 0 Å². The fraction of sp³-hybridized carbons (Fsp3) is 0.480. The van der Waals surface area contributed by atoms with Crippen molar-refractivity contribution in [2.45, 2.75) is 57.8 Å². The molecule has 0 aliphatic carbocycles. The molecular weight excluding hydrogens is 374 g/mol. The van der Waals surface area contributed by atoms with E-state index in [9.17, 15) is 0 Å². The van der Waals surface area contributed by atoms with Gasteiger partial charge in [0.2, 0.25) is 5.72 Å². The second-order valence-electron chi connectivity index (χ2n) is 9.03. The Labute approximate surface area is 179 Å². The van der Waals surface area contributed by atoms with Crippen LogP contribution in [0.3, 0.4) is 0 Å². The molecule has 1 spiro atoms. The predicted octanol–water partition coefficient (Wildman–Crippen LogP) is 4.75. The first-order valence-electron chi connectivity index (χ1n) is 11.0. The Morgan fingerprint density at radius 2 is 1.83 bits per heavy atom. The van der Waals surface area contributed by atoms with Gasteiger partial charge in [0.15, 0.2) is 11.5 Å². The smallest absolute Gasteiger partial charge is 0.200 e. The van der Waals surface area contributed by atoms with E-state index < -0.39 is 5.72 Å². The molecule has 3 aliphatic heterocycles. The number of methoxy groups -OCH3 is 1. The number of hydrazone groups is 1. The van der Waals surface area contributed by atoms with E-state index in [2.05, 4.69) is 67.1 Å². The molecule has 1 saturated heterocycles. The number of piperidine rings is 1. The van der Waals surface area contributed by atoms with Crippen LogP contribution in [-0.4, -0.2) is 47.6 Å². The van der Waals surface area contributed by atoms with Crippen molar-refractivity contribution in [1.82, 2.24) is 9.91 Å². The Morgan fingerprint density at radius 1 is 1.10 bits per heavy atom. The van der Waals surface area contributed by atoms with Crippen molar-refractivity contribution >= 4 is 5.71 Å². The molecule has 5 nitrogen and oxygen atoms in total. The van der Waals surface area contributed by atoms with E-state index in [4.69, 9.17) is 14.6 Å². The van der Waals surface area contributed by atoms with E-state index in [0.29, 0.717) is 6.04 Å². The Morgan fingerprint density at radius 3 is 2.50 bits per heavy atom. The van der Waals surface area contributed by atoms with Crippen LogP contribution >= 0.6 is 0 Å². The monoisotopic (exact) mass is 405 g/mol. The zero-order chi connectivity index (χ0) is 20.9. The molecule has 0 bridgehead atoms. The van der Waals surface area contributed by atoms with Crippen LogP contribution in [-0.2, 0) is 0 Å². The van der Waals surface area contributed by atoms with Crippen LogP contribution in [0.2, 0.25) is 0 Å². The summed E-state index contributed by atoms with van der Waals surface area (Å²) in [5, 5.41) is 7.46. The molecule has 5 rings (SSSR count). The van der Waals surface area contributed by atoms with Crippen molar-refractivity contribution in [3.8, 4) is 11.5 Å². The highest BCUT2D eigenvalue weighted by Gasteiger charge is 2.52. The summed E-state index contributed by atoms with van der Waals surface area (Å²) in [7, 11) is 1.72. The van der Waals surface area contributed by atoms with Gasteiger partial charge in [0.25, 0.3) is 0 Å². The Kier molecular flexibility index (Phi) is 4.73. The van der Waals surface area contributed by atoms with E-state index in [0.717, 1.165) is 49.6 Å². The van der Waals surface area contributed by atoms with Crippen LogP contribution in [0.1, 0.15) is 55.8 Å². The van der Waals surface area contributed by atoms with Crippen LogP contribution in [0, 0.1) is 6.92 Å². The molecule has 0 radical (unpaired) electrons. The second kappa shape index (κ2) is 7.31. The SMILES string of the molecule is COc1cccc2c1OC1(CCN(C(C)C)CC1)N1N=C(c3ccc(C)cc3)CC21. The number of para-hydroxylation sites is 1. The van der Waals surface area contributed by atoms with Gasteiger partial charge in [-0.05, 0) is 32.4 Å². The molecule has 1 unspecified atom stereocenters. The van der Waals surface area contributed by atoms with E-state index >= 15 is 0 Å². The molecule has 0 aromatic heterocycles. The second-order valence-corrected chi connectivity index (χ2v) is 9.03. The normalized spacial score (nSPS) is 22.5. The zero-order valence-electron chi connectivity index (χ0n) is 18.4. The molecule has 0 saturated carbocycles. The third kappa shape index (κ3) is 3.07. The van der Waals surface area contributed by atoms with Gasteiger partial charge in [0, 0.05) is 44.0 Å². The molecule has 3 heterocycles. The lowest BCUT2D eigenvalue weighted by Crippen LogP contribution is -2.59. The number of nitrogens with zero attached hydrogens (tertiary/aromatic N) is 3. The van der Waals surface area contributed by atoms with Gasteiger partial charge in [-0.1, -0.05) is 42.0 Å². The third-order valence-electron chi connectivity index (χ3n) is 6.90. The molecule has 3 aliphatic rings. The van der Waals surface area contributed by atoms with Gasteiger partial charge in [-0.25, -0.2) is 5.01 Å². The Hall–Kier alpha value is -2.53. The van der Waals surface area contributed by atoms with E-state index in [-0.39, 0.29) is 6.04 Å². The number of aryl methyl sites for hydroxylation is 1. The van der Waals surface area contributed by atoms with Gasteiger partial charge < -0.3 is 14.4 Å². The van der Waals surface area contributed by atoms with Crippen molar-refractivity contribution in [1.29, 1.82) is 0 Å². The zero-order valence-corrected chi connectivity index (χ0v) is 18.4. The molecule has 2 aromatic carbocycles. The summed E-state index contributed by atoms with van der Waals surface area (Å²) >= 11 is 0. The minimum Gasteiger partial charge on any atom is -0.493 e. The van der Waals surface area contributed by atoms with Gasteiger partial charge in [-0.15, -0.1) is 0 Å². The maximum atomic E-state index is 6.79. The molecule has 0 amide bonds. The van der Waals surface area contributed by atoms with Crippen LogP contribution < -0.4 is 9.47 Å². The summed E-state index contributed by atoms with van der Waals surface area (Å²) in [6.45, 7) is 8.69. The first-order chi connectivity index (χ1) is 14.5. The summed E-state index contributed by atoms with van der Waals surface area (Å²) in [6, 6.07) is 15.7. The topological polar surface area (TPSA) is 37.3 Å². The highest BCUT2D eigenvalue weighted by atomic mass is 16.5. The average Bonchev–Trinajstić information content (AvgIpc) is 3.21. The Balaban J connectivity index is 1.56. The maximum Gasteiger partial charge on any atom is 0.200 e. The summed E-state index contributed by atoms with van der Waals surface area (Å²) in [6.07, 6.45) is 2.76. The molecule has 5 heteroatoms.